The lowest BCUT2D eigenvalue weighted by molar-refractivity contribution is 0.0606. The fraction of sp³-hybridized carbons (Fsp3) is 0.154. The smallest absolute Gasteiger partial charge is 0.348 e. The van der Waals surface area contributed by atoms with E-state index in [0.717, 1.165) is 11.3 Å². The van der Waals surface area contributed by atoms with E-state index in [4.69, 9.17) is 13.7 Å². The quantitative estimate of drug-likeness (QED) is 0.620. The van der Waals surface area contributed by atoms with Crippen molar-refractivity contribution in [3.05, 3.63) is 35.2 Å². The average Bonchev–Trinajstić information content (AvgIpc) is 3.15. The Kier molecular flexibility index (Phi) is 3.67. The third-order valence-electron chi connectivity index (χ3n) is 2.77. The Morgan fingerprint density at radius 1 is 1.23 bits per heavy atom. The summed E-state index contributed by atoms with van der Waals surface area (Å²) in [6.07, 6.45) is 0. The van der Waals surface area contributed by atoms with Crippen molar-refractivity contribution in [2.75, 3.05) is 13.9 Å². The van der Waals surface area contributed by atoms with Crippen LogP contribution in [0.2, 0.25) is 0 Å². The fourth-order valence-electron chi connectivity index (χ4n) is 1.79. The fourth-order valence-corrected chi connectivity index (χ4v) is 3.91. The predicted octanol–water partition coefficient (Wildman–Crippen LogP) is 2.03. The molecule has 9 heteroatoms. The monoisotopic (exact) mass is 342 g/mol. The first kappa shape index (κ1) is 14.7. The molecule has 0 N–H and O–H groups in total. The molecule has 1 aliphatic heterocycles. The summed E-state index contributed by atoms with van der Waals surface area (Å²) in [5, 5.41) is 0. The van der Waals surface area contributed by atoms with E-state index in [1.54, 1.807) is 12.1 Å². The van der Waals surface area contributed by atoms with Crippen molar-refractivity contribution in [3.8, 4) is 17.2 Å². The van der Waals surface area contributed by atoms with E-state index in [1.807, 2.05) is 0 Å². The lowest BCUT2D eigenvalue weighted by Gasteiger charge is -2.07. The molecule has 0 amide bonds. The van der Waals surface area contributed by atoms with Gasteiger partial charge >= 0.3 is 16.1 Å². The molecular weight excluding hydrogens is 332 g/mol. The number of hydrogen-bond acceptors (Lipinski definition) is 8. The molecule has 1 aromatic carbocycles. The second kappa shape index (κ2) is 5.50. The summed E-state index contributed by atoms with van der Waals surface area (Å²) >= 11 is 0.765. The van der Waals surface area contributed by atoms with Crippen LogP contribution in [0.5, 0.6) is 17.2 Å². The van der Waals surface area contributed by atoms with Crippen LogP contribution in [-0.4, -0.2) is 28.3 Å². The summed E-state index contributed by atoms with van der Waals surface area (Å²) in [6, 6.07) is 7.34. The summed E-state index contributed by atoms with van der Waals surface area (Å²) in [7, 11) is -2.86. The molecule has 3 rings (SSSR count). The van der Waals surface area contributed by atoms with Crippen molar-refractivity contribution < 1.29 is 31.6 Å². The van der Waals surface area contributed by atoms with Gasteiger partial charge in [-0.05, 0) is 24.3 Å². The van der Waals surface area contributed by atoms with Gasteiger partial charge in [-0.1, -0.05) is 6.07 Å². The molecule has 2 aromatic rings. The second-order valence-electron chi connectivity index (χ2n) is 4.14. The summed E-state index contributed by atoms with van der Waals surface area (Å²) < 4.78 is 44.4. The first-order valence-electron chi connectivity index (χ1n) is 6.02. The maximum Gasteiger partial charge on any atom is 0.348 e. The van der Waals surface area contributed by atoms with Crippen molar-refractivity contribution in [1.82, 2.24) is 0 Å². The van der Waals surface area contributed by atoms with Crippen molar-refractivity contribution in [1.29, 1.82) is 0 Å². The Morgan fingerprint density at radius 2 is 2.05 bits per heavy atom. The Labute approximate surface area is 130 Å². The summed E-state index contributed by atoms with van der Waals surface area (Å²) in [6.45, 7) is 0.00124. The maximum atomic E-state index is 12.3. The highest BCUT2D eigenvalue weighted by Gasteiger charge is 2.26. The number of ether oxygens (including phenoxy) is 3. The molecule has 0 spiro atoms. The Morgan fingerprint density at radius 3 is 2.82 bits per heavy atom. The topological polar surface area (TPSA) is 88.1 Å². The molecule has 0 unspecified atom stereocenters. The minimum absolute atomic E-state index is 0.00124. The number of benzene rings is 1. The molecular formula is C13H10O7S2. The minimum atomic E-state index is -4.08. The maximum absolute atomic E-state index is 12.3. The van der Waals surface area contributed by atoms with Crippen LogP contribution in [-0.2, 0) is 14.9 Å². The zero-order chi connectivity index (χ0) is 15.7. The highest BCUT2D eigenvalue weighted by Crippen LogP contribution is 2.41. The number of thiophene rings is 1. The zero-order valence-electron chi connectivity index (χ0n) is 11.3. The van der Waals surface area contributed by atoms with Gasteiger partial charge < -0.3 is 18.4 Å². The number of carbonyl (C=O) groups excluding carboxylic acids is 1. The first-order chi connectivity index (χ1) is 10.5. The zero-order valence-corrected chi connectivity index (χ0v) is 12.9. The van der Waals surface area contributed by atoms with Crippen LogP contribution in [0, 0.1) is 0 Å². The number of fused-ring (bicyclic) bond motifs is 1. The van der Waals surface area contributed by atoms with E-state index in [-0.39, 0.29) is 27.4 Å². The lowest BCUT2D eigenvalue weighted by atomic mass is 10.3. The number of esters is 1. The molecule has 7 nitrogen and oxygen atoms in total. The molecule has 1 aromatic heterocycles. The van der Waals surface area contributed by atoms with Crippen molar-refractivity contribution >= 4 is 27.4 Å². The minimum Gasteiger partial charge on any atom is -0.465 e. The van der Waals surface area contributed by atoms with Crippen LogP contribution in [0.3, 0.4) is 0 Å². The molecule has 1 aliphatic rings. The Balaban J connectivity index is 1.90. The highest BCUT2D eigenvalue weighted by atomic mass is 32.3. The summed E-state index contributed by atoms with van der Waals surface area (Å²) in [5.74, 6) is 0.0664. The van der Waals surface area contributed by atoms with Gasteiger partial charge in [-0.15, -0.1) is 11.3 Å². The van der Waals surface area contributed by atoms with Crippen LogP contribution >= 0.6 is 11.3 Å². The third kappa shape index (κ3) is 2.60. The van der Waals surface area contributed by atoms with E-state index in [1.165, 1.54) is 25.3 Å². The van der Waals surface area contributed by atoms with Crippen LogP contribution < -0.4 is 13.7 Å². The molecule has 2 heterocycles. The Hall–Kier alpha value is -2.26. The van der Waals surface area contributed by atoms with Crippen LogP contribution in [0.4, 0.5) is 0 Å². The van der Waals surface area contributed by atoms with Gasteiger partial charge in [-0.25, -0.2) is 4.79 Å². The van der Waals surface area contributed by atoms with Gasteiger partial charge in [0.25, 0.3) is 0 Å². The summed E-state index contributed by atoms with van der Waals surface area (Å²) in [5.41, 5.74) is 0. The average molecular weight is 342 g/mol. The number of para-hydroxylation sites is 1. The van der Waals surface area contributed by atoms with Crippen LogP contribution in [0.25, 0.3) is 0 Å². The standard InChI is InChI=1S/C13H10O7S2/c1-17-13(14)10-5-6-11(21-10)22(15,16)20-9-4-2-3-8-12(9)19-7-18-8/h2-6H,7H2,1H3. The van der Waals surface area contributed by atoms with Crippen molar-refractivity contribution in [2.45, 2.75) is 4.21 Å². The van der Waals surface area contributed by atoms with E-state index in [9.17, 15) is 13.2 Å². The van der Waals surface area contributed by atoms with Gasteiger partial charge in [0.15, 0.2) is 15.7 Å². The third-order valence-corrected chi connectivity index (χ3v) is 5.52. The van der Waals surface area contributed by atoms with Crippen LogP contribution in [0.1, 0.15) is 9.67 Å². The number of methoxy groups -OCH3 is 1. The van der Waals surface area contributed by atoms with Gasteiger partial charge in [0.05, 0.1) is 7.11 Å². The number of rotatable bonds is 4. The van der Waals surface area contributed by atoms with Gasteiger partial charge in [-0.3, -0.25) is 0 Å². The van der Waals surface area contributed by atoms with E-state index >= 15 is 0 Å². The normalized spacial score (nSPS) is 13.0. The molecule has 22 heavy (non-hydrogen) atoms. The van der Waals surface area contributed by atoms with Crippen molar-refractivity contribution in [2.24, 2.45) is 0 Å². The molecule has 116 valence electrons. The molecule has 0 saturated carbocycles. The lowest BCUT2D eigenvalue weighted by Crippen LogP contribution is -2.08. The highest BCUT2D eigenvalue weighted by molar-refractivity contribution is 7.89. The van der Waals surface area contributed by atoms with E-state index < -0.39 is 16.1 Å². The van der Waals surface area contributed by atoms with Gasteiger partial charge in [0, 0.05) is 0 Å². The van der Waals surface area contributed by atoms with Gasteiger partial charge in [-0.2, -0.15) is 8.42 Å². The molecule has 0 saturated heterocycles. The van der Waals surface area contributed by atoms with E-state index in [2.05, 4.69) is 4.74 Å². The first-order valence-corrected chi connectivity index (χ1v) is 8.25. The summed E-state index contributed by atoms with van der Waals surface area (Å²) in [4.78, 5) is 11.6. The Bertz CT molecular complexity index is 823. The predicted molar refractivity (Wildman–Crippen MR) is 76.0 cm³/mol. The molecule has 0 fully saturated rings. The second-order valence-corrected chi connectivity index (χ2v) is 6.99. The largest absolute Gasteiger partial charge is 0.465 e. The molecule has 0 atom stereocenters. The van der Waals surface area contributed by atoms with Crippen LogP contribution in [0.15, 0.2) is 34.5 Å². The van der Waals surface area contributed by atoms with Gasteiger partial charge in [0.2, 0.25) is 12.5 Å². The molecule has 0 radical (unpaired) electrons. The number of carbonyl (C=O) groups is 1. The van der Waals surface area contributed by atoms with E-state index in [0.29, 0.717) is 5.75 Å². The molecule has 0 bridgehead atoms. The number of hydrogen-bond donors (Lipinski definition) is 0. The van der Waals surface area contributed by atoms with Gasteiger partial charge in [0.1, 0.15) is 4.88 Å². The van der Waals surface area contributed by atoms with Crippen molar-refractivity contribution in [3.63, 3.8) is 0 Å². The molecule has 0 aliphatic carbocycles. The SMILES string of the molecule is COC(=O)c1ccc(S(=O)(=O)Oc2cccc3c2OCO3)s1.